The van der Waals surface area contributed by atoms with E-state index in [1.54, 1.807) is 0 Å². The predicted molar refractivity (Wildman–Crippen MR) is 56.7 cm³/mol. The van der Waals surface area contributed by atoms with Crippen LogP contribution in [0, 0.1) is 0 Å². The van der Waals surface area contributed by atoms with Crippen LogP contribution in [-0.4, -0.2) is 78.6 Å². The lowest BCUT2D eigenvalue weighted by atomic mass is 10.2. The van der Waals surface area contributed by atoms with Crippen LogP contribution < -0.4 is 0 Å². The molecule has 0 saturated carbocycles. The minimum atomic E-state index is -6.44. The molecular weight excluding hydrogens is 333 g/mol. The van der Waals surface area contributed by atoms with Gasteiger partial charge >= 0.3 is 18.0 Å². The molecule has 5 nitrogen and oxygen atoms in total. The van der Waals surface area contributed by atoms with Crippen LogP contribution in [0.25, 0.3) is 0 Å². The summed E-state index contributed by atoms with van der Waals surface area (Å²) < 4.78 is 94.4. The summed E-state index contributed by atoms with van der Waals surface area (Å²) in [6, 6.07) is 0. The average molecular weight is 348 g/mol. The molecule has 134 valence electrons. The van der Waals surface area contributed by atoms with Crippen molar-refractivity contribution in [2.45, 2.75) is 30.2 Å². The highest BCUT2D eigenvalue weighted by Crippen LogP contribution is 2.46. The van der Waals surface area contributed by atoms with E-state index in [2.05, 4.69) is 9.47 Å². The van der Waals surface area contributed by atoms with Gasteiger partial charge in [0.15, 0.2) is 0 Å². The van der Waals surface area contributed by atoms with Crippen molar-refractivity contribution in [2.75, 3.05) is 33.0 Å². The fraction of sp³-hybridized carbons (Fsp3) is 1.00. The van der Waals surface area contributed by atoms with Gasteiger partial charge in [-0.3, -0.25) is 0 Å². The van der Waals surface area contributed by atoms with Gasteiger partial charge in [-0.1, -0.05) is 0 Å². The molecule has 12 heteroatoms. The summed E-state index contributed by atoms with van der Waals surface area (Å²) in [5.41, 5.74) is 0. The van der Waals surface area contributed by atoms with Crippen molar-refractivity contribution in [2.24, 2.45) is 0 Å². The fourth-order valence-corrected chi connectivity index (χ4v) is 1.06. The average Bonchev–Trinajstić information content (AvgIpc) is 2.36. The van der Waals surface area contributed by atoms with Crippen molar-refractivity contribution in [3.8, 4) is 0 Å². The molecule has 2 atom stereocenters. The molecule has 0 aromatic rings. The smallest absolute Gasteiger partial charge is 0.394 e. The largest absolute Gasteiger partial charge is 0.459 e. The SMILES string of the molecule is OCC(O)COCC(O)COCC(F)(F)C(F)(F)C(F)(F)F. The molecule has 0 aromatic heterocycles. The first-order valence-corrected chi connectivity index (χ1v) is 5.80. The van der Waals surface area contributed by atoms with Gasteiger partial charge in [0.2, 0.25) is 0 Å². The van der Waals surface area contributed by atoms with Gasteiger partial charge in [-0.2, -0.15) is 30.7 Å². The molecule has 0 aliphatic rings. The van der Waals surface area contributed by atoms with Gasteiger partial charge < -0.3 is 24.8 Å². The molecule has 3 N–H and O–H groups in total. The Morgan fingerprint density at radius 1 is 0.773 bits per heavy atom. The Balaban J connectivity index is 4.18. The summed E-state index contributed by atoms with van der Waals surface area (Å²) in [5.74, 6) is -11.8. The van der Waals surface area contributed by atoms with E-state index < -0.39 is 63.3 Å². The zero-order valence-electron chi connectivity index (χ0n) is 11.0. The Labute approximate surface area is 120 Å². The lowest BCUT2D eigenvalue weighted by Gasteiger charge is -2.28. The number of hydrogen-bond acceptors (Lipinski definition) is 5. The topological polar surface area (TPSA) is 79.2 Å². The van der Waals surface area contributed by atoms with Crippen LogP contribution in [0.2, 0.25) is 0 Å². The first kappa shape index (κ1) is 21.3. The highest BCUT2D eigenvalue weighted by molar-refractivity contribution is 4.91. The number of ether oxygens (including phenoxy) is 2. The molecule has 0 fully saturated rings. The Bertz CT molecular complexity index is 323. The third-order valence-corrected chi connectivity index (χ3v) is 2.24. The van der Waals surface area contributed by atoms with Gasteiger partial charge in [-0.25, -0.2) is 0 Å². The number of rotatable bonds is 10. The molecule has 0 aliphatic heterocycles. The monoisotopic (exact) mass is 348 g/mol. The zero-order valence-corrected chi connectivity index (χ0v) is 11.0. The zero-order chi connectivity index (χ0) is 17.6. The minimum absolute atomic E-state index is 0.407. The molecule has 0 amide bonds. The van der Waals surface area contributed by atoms with Crippen molar-refractivity contribution in [3.05, 3.63) is 0 Å². The first-order chi connectivity index (χ1) is 9.85. The molecule has 0 heterocycles. The maximum absolute atomic E-state index is 12.8. The Kier molecular flexibility index (Phi) is 7.98. The Hall–Kier alpha value is -0.690. The van der Waals surface area contributed by atoms with Crippen LogP contribution in [-0.2, 0) is 9.47 Å². The molecule has 22 heavy (non-hydrogen) atoms. The van der Waals surface area contributed by atoms with E-state index in [1.807, 2.05) is 0 Å². The maximum atomic E-state index is 12.8. The molecule has 0 spiro atoms. The highest BCUT2D eigenvalue weighted by Gasteiger charge is 2.72. The van der Waals surface area contributed by atoms with Crippen LogP contribution in [0.3, 0.4) is 0 Å². The Morgan fingerprint density at radius 2 is 1.23 bits per heavy atom. The summed E-state index contributed by atoms with van der Waals surface area (Å²) in [6.45, 7) is -4.85. The van der Waals surface area contributed by atoms with Crippen LogP contribution in [0.1, 0.15) is 0 Å². The van der Waals surface area contributed by atoms with Crippen LogP contribution >= 0.6 is 0 Å². The van der Waals surface area contributed by atoms with Crippen molar-refractivity contribution >= 4 is 0 Å². The van der Waals surface area contributed by atoms with Crippen molar-refractivity contribution in [3.63, 3.8) is 0 Å². The second-order valence-electron chi connectivity index (χ2n) is 4.32. The minimum Gasteiger partial charge on any atom is -0.394 e. The number of aliphatic hydroxyl groups excluding tert-OH is 3. The van der Waals surface area contributed by atoms with E-state index in [0.29, 0.717) is 0 Å². The quantitative estimate of drug-likeness (QED) is 0.503. The van der Waals surface area contributed by atoms with Crippen LogP contribution in [0.4, 0.5) is 30.7 Å². The number of halogens is 7. The van der Waals surface area contributed by atoms with Gasteiger partial charge in [0, 0.05) is 0 Å². The summed E-state index contributed by atoms with van der Waals surface area (Å²) in [5, 5.41) is 26.4. The summed E-state index contributed by atoms with van der Waals surface area (Å²) in [6.07, 6.45) is -9.29. The second kappa shape index (κ2) is 8.24. The Morgan fingerprint density at radius 3 is 1.68 bits per heavy atom. The van der Waals surface area contributed by atoms with E-state index in [4.69, 9.17) is 15.3 Å². The molecule has 0 bridgehead atoms. The third-order valence-electron chi connectivity index (χ3n) is 2.24. The molecule has 0 aromatic carbocycles. The van der Waals surface area contributed by atoms with Gasteiger partial charge in [-0.05, 0) is 0 Å². The van der Waals surface area contributed by atoms with E-state index in [-0.39, 0.29) is 0 Å². The highest BCUT2D eigenvalue weighted by atomic mass is 19.4. The van der Waals surface area contributed by atoms with Crippen LogP contribution in [0.15, 0.2) is 0 Å². The third kappa shape index (κ3) is 6.20. The van der Waals surface area contributed by atoms with Crippen molar-refractivity contribution < 1.29 is 55.5 Å². The lowest BCUT2D eigenvalue weighted by molar-refractivity contribution is -0.361. The molecule has 2 unspecified atom stereocenters. The second-order valence-corrected chi connectivity index (χ2v) is 4.32. The van der Waals surface area contributed by atoms with Crippen molar-refractivity contribution in [1.29, 1.82) is 0 Å². The molecule has 0 radical (unpaired) electrons. The summed E-state index contributed by atoms with van der Waals surface area (Å²) in [4.78, 5) is 0. The van der Waals surface area contributed by atoms with Crippen molar-refractivity contribution in [1.82, 2.24) is 0 Å². The molecule has 0 rings (SSSR count). The maximum Gasteiger partial charge on any atom is 0.459 e. The molecule has 0 aliphatic carbocycles. The normalized spacial score (nSPS) is 16.6. The predicted octanol–water partition coefficient (Wildman–Crippen LogP) is 0.567. The van der Waals surface area contributed by atoms with E-state index in [9.17, 15) is 30.7 Å². The van der Waals surface area contributed by atoms with E-state index in [0.717, 1.165) is 0 Å². The fourth-order valence-electron chi connectivity index (χ4n) is 1.06. The lowest BCUT2D eigenvalue weighted by Crippen LogP contribution is -2.54. The summed E-state index contributed by atoms with van der Waals surface area (Å²) >= 11 is 0. The van der Waals surface area contributed by atoms with Crippen LogP contribution in [0.5, 0.6) is 0 Å². The summed E-state index contributed by atoms with van der Waals surface area (Å²) in [7, 11) is 0. The van der Waals surface area contributed by atoms with Gasteiger partial charge in [0.05, 0.1) is 26.4 Å². The number of hydrogen-bond donors (Lipinski definition) is 3. The first-order valence-electron chi connectivity index (χ1n) is 5.80. The number of alkyl halides is 7. The van der Waals surface area contributed by atoms with Gasteiger partial charge in [0.25, 0.3) is 0 Å². The van der Waals surface area contributed by atoms with E-state index >= 15 is 0 Å². The molecular formula is C10H15F7O5. The number of aliphatic hydroxyl groups is 3. The van der Waals surface area contributed by atoms with E-state index in [1.165, 1.54) is 0 Å². The van der Waals surface area contributed by atoms with Gasteiger partial charge in [-0.15, -0.1) is 0 Å². The standard InChI is InChI=1S/C10H15F7O5/c11-8(12,9(13,14)10(15,16)17)5-22-4-7(20)3-21-2-6(19)1-18/h6-7,18-20H,1-5H2. The van der Waals surface area contributed by atoms with Gasteiger partial charge in [0.1, 0.15) is 18.8 Å². The molecule has 0 saturated heterocycles.